The lowest BCUT2D eigenvalue weighted by atomic mass is 10.1. The van der Waals surface area contributed by atoms with Gasteiger partial charge in [0.1, 0.15) is 6.61 Å². The zero-order valence-electron chi connectivity index (χ0n) is 13.9. The molecule has 0 aliphatic carbocycles. The fourth-order valence-corrected chi connectivity index (χ4v) is 2.29. The molecule has 4 nitrogen and oxygen atoms in total. The summed E-state index contributed by atoms with van der Waals surface area (Å²) in [5.74, 6) is 1.18. The van der Waals surface area contributed by atoms with E-state index in [9.17, 15) is 4.79 Å². The number of allylic oxidation sites excluding steroid dienone is 2. The summed E-state index contributed by atoms with van der Waals surface area (Å²) in [6.07, 6.45) is 6.39. The second-order valence-corrected chi connectivity index (χ2v) is 5.41. The highest BCUT2D eigenvalue weighted by Gasteiger charge is 2.07. The third-order valence-corrected chi connectivity index (χ3v) is 3.71. The van der Waals surface area contributed by atoms with Crippen LogP contribution in [0, 0.1) is 0 Å². The maximum atomic E-state index is 12.0. The lowest BCUT2D eigenvalue weighted by Gasteiger charge is -2.16. The molecule has 0 aromatic heterocycles. The first-order chi connectivity index (χ1) is 11.2. The highest BCUT2D eigenvalue weighted by Crippen LogP contribution is 2.18. The van der Waals surface area contributed by atoms with Gasteiger partial charge in [-0.25, -0.2) is 0 Å². The predicted octanol–water partition coefficient (Wildman–Crippen LogP) is 4.31. The second-order valence-electron chi connectivity index (χ2n) is 5.41. The molecule has 0 fully saturated rings. The van der Waals surface area contributed by atoms with Crippen LogP contribution in [-0.4, -0.2) is 25.6 Å². The Morgan fingerprint density at radius 1 is 1.30 bits per heavy atom. The number of hydrogen-bond acceptors (Lipinski definition) is 4. The summed E-state index contributed by atoms with van der Waals surface area (Å²) < 4.78 is 10.8. The molecule has 1 aliphatic heterocycles. The minimum absolute atomic E-state index is 0.112. The first-order valence-corrected chi connectivity index (χ1v) is 8.20. The molecule has 1 aromatic rings. The zero-order valence-corrected chi connectivity index (χ0v) is 13.9. The number of Topliss-reactive ketones (excluding diaryl/α,β-unsaturated/α-hetero) is 1. The fourth-order valence-electron chi connectivity index (χ4n) is 2.29. The molecule has 1 heterocycles. The van der Waals surface area contributed by atoms with Crippen molar-refractivity contribution in [3.05, 3.63) is 53.4 Å². The Kier molecular flexibility index (Phi) is 6.88. The highest BCUT2D eigenvalue weighted by atomic mass is 16.5. The molecule has 0 spiro atoms. The van der Waals surface area contributed by atoms with Gasteiger partial charge in [-0.05, 0) is 49.3 Å². The van der Waals surface area contributed by atoms with Crippen LogP contribution in [0.5, 0.6) is 0 Å². The lowest BCUT2D eigenvalue weighted by molar-refractivity contribution is 0.0896. The van der Waals surface area contributed by atoms with E-state index in [0.717, 1.165) is 29.9 Å². The number of benzene rings is 1. The Balaban J connectivity index is 1.85. The molecule has 23 heavy (non-hydrogen) atoms. The number of anilines is 1. The van der Waals surface area contributed by atoms with Gasteiger partial charge in [0.15, 0.2) is 5.78 Å². The molecule has 124 valence electrons. The molecule has 0 bridgehead atoms. The number of hydrogen-bond donors (Lipinski definition) is 1. The topological polar surface area (TPSA) is 47.6 Å². The molecular weight excluding hydrogens is 290 g/mol. The maximum Gasteiger partial charge on any atom is 0.165 e. The van der Waals surface area contributed by atoms with E-state index < -0.39 is 0 Å². The van der Waals surface area contributed by atoms with Crippen LogP contribution in [0.4, 0.5) is 5.69 Å². The molecule has 2 rings (SSSR count). The van der Waals surface area contributed by atoms with Crippen LogP contribution in [0.2, 0.25) is 0 Å². The van der Waals surface area contributed by atoms with Gasteiger partial charge in [0, 0.05) is 36.9 Å². The first-order valence-electron chi connectivity index (χ1n) is 8.20. The molecule has 1 aromatic carbocycles. The van der Waals surface area contributed by atoms with Crippen LogP contribution in [0.1, 0.15) is 43.5 Å². The first kappa shape index (κ1) is 17.3. The highest BCUT2D eigenvalue weighted by molar-refractivity contribution is 5.96. The van der Waals surface area contributed by atoms with Crippen LogP contribution in [-0.2, 0) is 9.47 Å². The number of ether oxygens (including phenoxy) is 2. The minimum atomic E-state index is 0.112. The second kappa shape index (κ2) is 9.16. The Morgan fingerprint density at radius 3 is 2.70 bits per heavy atom. The number of carbonyl (C=O) groups is 1. The van der Waals surface area contributed by atoms with Gasteiger partial charge in [0.05, 0.1) is 12.4 Å². The van der Waals surface area contributed by atoms with Crippen molar-refractivity contribution >= 4 is 11.5 Å². The molecule has 0 radical (unpaired) electrons. The van der Waals surface area contributed by atoms with Crippen LogP contribution in [0.15, 0.2) is 47.9 Å². The van der Waals surface area contributed by atoms with Crippen LogP contribution < -0.4 is 5.32 Å². The Hall–Kier alpha value is -2.07. The van der Waals surface area contributed by atoms with Gasteiger partial charge in [0.2, 0.25) is 0 Å². The van der Waals surface area contributed by atoms with E-state index in [1.54, 1.807) is 0 Å². The van der Waals surface area contributed by atoms with Crippen molar-refractivity contribution < 1.29 is 14.3 Å². The Bertz CT molecular complexity index is 573. The molecule has 1 aliphatic rings. The smallest absolute Gasteiger partial charge is 0.165 e. The van der Waals surface area contributed by atoms with Crippen molar-refractivity contribution in [2.24, 2.45) is 0 Å². The van der Waals surface area contributed by atoms with Gasteiger partial charge in [-0.2, -0.15) is 0 Å². The van der Waals surface area contributed by atoms with Crippen molar-refractivity contribution in [2.45, 2.75) is 33.1 Å². The lowest BCUT2D eigenvalue weighted by Crippen LogP contribution is -2.06. The van der Waals surface area contributed by atoms with Gasteiger partial charge in [-0.15, -0.1) is 0 Å². The minimum Gasteiger partial charge on any atom is -0.494 e. The molecule has 0 unspecified atom stereocenters. The van der Waals surface area contributed by atoms with Crippen molar-refractivity contribution in [3.63, 3.8) is 0 Å². The summed E-state index contributed by atoms with van der Waals surface area (Å²) in [5, 5.41) is 3.26. The van der Waals surface area contributed by atoms with E-state index in [4.69, 9.17) is 9.47 Å². The quantitative estimate of drug-likeness (QED) is 0.574. The molecule has 1 N–H and O–H groups in total. The monoisotopic (exact) mass is 315 g/mol. The Morgan fingerprint density at radius 2 is 2.09 bits per heavy atom. The van der Waals surface area contributed by atoms with E-state index >= 15 is 0 Å². The van der Waals surface area contributed by atoms with Crippen molar-refractivity contribution in [2.75, 3.05) is 25.1 Å². The molecular formula is C19H25NO3. The van der Waals surface area contributed by atoms with E-state index in [1.807, 2.05) is 37.4 Å². The summed E-state index contributed by atoms with van der Waals surface area (Å²) in [6.45, 7) is 5.78. The maximum absolute atomic E-state index is 12.0. The molecule has 0 saturated heterocycles. The van der Waals surface area contributed by atoms with Gasteiger partial charge in [0.25, 0.3) is 0 Å². The number of rotatable bonds is 8. The normalized spacial score (nSPS) is 15.9. The number of carbonyl (C=O) groups excluding carboxylic acids is 1. The van der Waals surface area contributed by atoms with Gasteiger partial charge in [-0.1, -0.05) is 6.92 Å². The van der Waals surface area contributed by atoms with Crippen LogP contribution >= 0.6 is 0 Å². The average molecular weight is 315 g/mol. The summed E-state index contributed by atoms with van der Waals surface area (Å²) in [7, 11) is 0. The van der Waals surface area contributed by atoms with E-state index in [-0.39, 0.29) is 5.78 Å². The Labute approximate surface area is 138 Å². The summed E-state index contributed by atoms with van der Waals surface area (Å²) in [4.78, 5) is 12.0. The van der Waals surface area contributed by atoms with Crippen molar-refractivity contribution in [1.82, 2.24) is 0 Å². The van der Waals surface area contributed by atoms with Gasteiger partial charge in [-0.3, -0.25) is 4.79 Å². The van der Waals surface area contributed by atoms with Crippen LogP contribution in [0.3, 0.4) is 0 Å². The van der Waals surface area contributed by atoms with E-state index in [2.05, 4.69) is 18.3 Å². The van der Waals surface area contributed by atoms with Crippen molar-refractivity contribution in [3.8, 4) is 0 Å². The third kappa shape index (κ3) is 5.57. The predicted molar refractivity (Wildman–Crippen MR) is 92.5 cm³/mol. The number of ketones is 1. The molecule has 0 amide bonds. The summed E-state index contributed by atoms with van der Waals surface area (Å²) >= 11 is 0. The summed E-state index contributed by atoms with van der Waals surface area (Å²) in [6, 6.07) is 7.53. The fraction of sp³-hybridized carbons (Fsp3) is 0.421. The molecule has 0 saturated carbocycles. The molecule has 4 heteroatoms. The van der Waals surface area contributed by atoms with Gasteiger partial charge >= 0.3 is 0 Å². The molecule has 0 atom stereocenters. The van der Waals surface area contributed by atoms with Crippen molar-refractivity contribution in [1.29, 1.82) is 0 Å². The van der Waals surface area contributed by atoms with Gasteiger partial charge < -0.3 is 14.8 Å². The van der Waals surface area contributed by atoms with E-state index in [0.29, 0.717) is 26.2 Å². The average Bonchev–Trinajstić information content (AvgIpc) is 2.61. The standard InChI is InChI=1S/C19H25NO3/c1-3-18-10-5-15(14-23-18)13-20-17-8-6-16(7-9-17)19(21)11-12-22-4-2/h6-10,13,20H,3-5,11-12,14H2,1-2H3. The summed E-state index contributed by atoms with van der Waals surface area (Å²) in [5.41, 5.74) is 2.89. The number of nitrogens with one attached hydrogen (secondary N) is 1. The SMILES string of the molecule is CCOCCC(=O)c1ccc(NC=C2CC=C(CC)OC2)cc1. The zero-order chi connectivity index (χ0) is 16.5. The van der Waals surface area contributed by atoms with E-state index in [1.165, 1.54) is 5.57 Å². The largest absolute Gasteiger partial charge is 0.494 e. The third-order valence-electron chi connectivity index (χ3n) is 3.71. The van der Waals surface area contributed by atoms with Crippen LogP contribution in [0.25, 0.3) is 0 Å².